The zero-order chi connectivity index (χ0) is 12.7. The summed E-state index contributed by atoms with van der Waals surface area (Å²) < 4.78 is 5.45. The van der Waals surface area contributed by atoms with E-state index in [1.54, 1.807) is 0 Å². The molecule has 0 radical (unpaired) electrons. The van der Waals surface area contributed by atoms with Gasteiger partial charge in [-0.15, -0.1) is 0 Å². The molecular formula is C11H20N2O4. The maximum atomic E-state index is 11.4. The predicted octanol–water partition coefficient (Wildman–Crippen LogP) is -0.264. The summed E-state index contributed by atoms with van der Waals surface area (Å²) in [6, 6.07) is 0. The van der Waals surface area contributed by atoms with E-state index in [0.717, 1.165) is 13.1 Å². The number of hydrogen-bond acceptors (Lipinski definition) is 4. The molecule has 1 amide bonds. The summed E-state index contributed by atoms with van der Waals surface area (Å²) in [5.41, 5.74) is -0.208. The molecule has 1 heterocycles. The van der Waals surface area contributed by atoms with Gasteiger partial charge in [-0.25, -0.2) is 0 Å². The molecule has 0 atom stereocenters. The summed E-state index contributed by atoms with van der Waals surface area (Å²) in [7, 11) is 0. The molecule has 0 bridgehead atoms. The van der Waals surface area contributed by atoms with Crippen LogP contribution in [-0.2, 0) is 14.3 Å². The molecule has 0 aromatic carbocycles. The van der Waals surface area contributed by atoms with Crippen molar-refractivity contribution in [1.29, 1.82) is 0 Å². The van der Waals surface area contributed by atoms with E-state index in [9.17, 15) is 9.59 Å². The Hall–Kier alpha value is -1.14. The number of carbonyl (C=O) groups excluding carboxylic acids is 1. The Morgan fingerprint density at radius 3 is 2.65 bits per heavy atom. The number of carbonyl (C=O) groups is 2. The molecule has 1 fully saturated rings. The Morgan fingerprint density at radius 2 is 2.12 bits per heavy atom. The van der Waals surface area contributed by atoms with Gasteiger partial charge in [-0.05, 0) is 19.8 Å². The number of rotatable bonds is 8. The minimum absolute atomic E-state index is 0.0666. The first-order valence-electron chi connectivity index (χ1n) is 5.85. The van der Waals surface area contributed by atoms with Crippen LogP contribution in [0.25, 0.3) is 0 Å². The van der Waals surface area contributed by atoms with Crippen molar-refractivity contribution >= 4 is 11.9 Å². The quantitative estimate of drug-likeness (QED) is 0.512. The Balaban J connectivity index is 1.96. The number of carboxylic acid groups (broad SMARTS) is 1. The predicted molar refractivity (Wildman–Crippen MR) is 61.7 cm³/mol. The number of unbranched alkanes of at least 4 members (excludes halogenated alkanes) is 1. The summed E-state index contributed by atoms with van der Waals surface area (Å²) >= 11 is 0. The van der Waals surface area contributed by atoms with Gasteiger partial charge in [0.25, 0.3) is 0 Å². The SMILES string of the molecule is CC1(OCC(=O)NCCCCC(=O)O)CNC1. The number of amides is 1. The van der Waals surface area contributed by atoms with Crippen LogP contribution in [-0.4, -0.2) is 48.8 Å². The molecular weight excluding hydrogens is 224 g/mol. The average Bonchev–Trinajstić information content (AvgIpc) is 2.23. The standard InChI is InChI=1S/C11H20N2O4/c1-11(7-12-8-11)17-6-9(14)13-5-3-2-4-10(15)16/h12H,2-8H2,1H3,(H,13,14)(H,15,16). The highest BCUT2D eigenvalue weighted by atomic mass is 16.5. The van der Waals surface area contributed by atoms with E-state index < -0.39 is 5.97 Å². The van der Waals surface area contributed by atoms with Crippen LogP contribution in [0.2, 0.25) is 0 Å². The highest BCUT2D eigenvalue weighted by molar-refractivity contribution is 5.77. The molecule has 17 heavy (non-hydrogen) atoms. The zero-order valence-electron chi connectivity index (χ0n) is 10.1. The van der Waals surface area contributed by atoms with Crippen LogP contribution in [0.3, 0.4) is 0 Å². The molecule has 6 heteroatoms. The third-order valence-corrected chi connectivity index (χ3v) is 2.69. The van der Waals surface area contributed by atoms with Crippen LogP contribution < -0.4 is 10.6 Å². The van der Waals surface area contributed by atoms with Crippen molar-refractivity contribution < 1.29 is 19.4 Å². The molecule has 0 unspecified atom stereocenters. The number of carboxylic acids is 1. The van der Waals surface area contributed by atoms with E-state index in [2.05, 4.69) is 10.6 Å². The maximum absolute atomic E-state index is 11.4. The second-order valence-corrected chi connectivity index (χ2v) is 4.54. The number of nitrogens with one attached hydrogen (secondary N) is 2. The number of aliphatic carboxylic acids is 1. The Kier molecular flexibility index (Phi) is 5.37. The first kappa shape index (κ1) is 13.9. The van der Waals surface area contributed by atoms with E-state index in [-0.39, 0.29) is 24.5 Å². The molecule has 1 aliphatic heterocycles. The molecule has 0 aliphatic carbocycles. The van der Waals surface area contributed by atoms with Crippen molar-refractivity contribution in [1.82, 2.24) is 10.6 Å². The fraction of sp³-hybridized carbons (Fsp3) is 0.818. The number of hydrogen-bond donors (Lipinski definition) is 3. The van der Waals surface area contributed by atoms with Gasteiger partial charge in [-0.3, -0.25) is 9.59 Å². The van der Waals surface area contributed by atoms with Crippen LogP contribution in [0.5, 0.6) is 0 Å². The molecule has 1 aliphatic rings. The third kappa shape index (κ3) is 5.65. The van der Waals surface area contributed by atoms with Crippen molar-refractivity contribution in [3.05, 3.63) is 0 Å². The Labute approximate surface area is 101 Å². The van der Waals surface area contributed by atoms with Crippen LogP contribution in [0.15, 0.2) is 0 Å². The third-order valence-electron chi connectivity index (χ3n) is 2.69. The molecule has 0 aromatic heterocycles. The lowest BCUT2D eigenvalue weighted by Crippen LogP contribution is -2.59. The molecule has 6 nitrogen and oxygen atoms in total. The van der Waals surface area contributed by atoms with E-state index >= 15 is 0 Å². The van der Waals surface area contributed by atoms with Gasteiger partial charge in [0.15, 0.2) is 0 Å². The lowest BCUT2D eigenvalue weighted by atomic mass is 10.0. The molecule has 1 saturated heterocycles. The van der Waals surface area contributed by atoms with Gasteiger partial charge in [0.05, 0.1) is 5.60 Å². The summed E-state index contributed by atoms with van der Waals surface area (Å²) in [4.78, 5) is 21.6. The van der Waals surface area contributed by atoms with Gasteiger partial charge < -0.3 is 20.5 Å². The lowest BCUT2D eigenvalue weighted by molar-refractivity contribution is -0.137. The van der Waals surface area contributed by atoms with Crippen molar-refractivity contribution in [3.63, 3.8) is 0 Å². The van der Waals surface area contributed by atoms with Gasteiger partial charge in [-0.1, -0.05) is 0 Å². The second kappa shape index (κ2) is 6.56. The van der Waals surface area contributed by atoms with Gasteiger partial charge >= 0.3 is 5.97 Å². The van der Waals surface area contributed by atoms with Gasteiger partial charge in [0.1, 0.15) is 6.61 Å². The van der Waals surface area contributed by atoms with Crippen molar-refractivity contribution in [2.45, 2.75) is 31.8 Å². The highest BCUT2D eigenvalue weighted by Gasteiger charge is 2.32. The Bertz CT molecular complexity index is 277. The molecule has 0 aromatic rings. The minimum Gasteiger partial charge on any atom is -0.481 e. The fourth-order valence-corrected chi connectivity index (χ4v) is 1.50. The Morgan fingerprint density at radius 1 is 1.41 bits per heavy atom. The molecule has 98 valence electrons. The largest absolute Gasteiger partial charge is 0.481 e. The summed E-state index contributed by atoms with van der Waals surface area (Å²) in [5.74, 6) is -0.946. The van der Waals surface area contributed by atoms with E-state index in [4.69, 9.17) is 9.84 Å². The molecule has 1 rings (SSSR count). The van der Waals surface area contributed by atoms with Crippen LogP contribution in [0.1, 0.15) is 26.2 Å². The highest BCUT2D eigenvalue weighted by Crippen LogP contribution is 2.14. The summed E-state index contributed by atoms with van der Waals surface area (Å²) in [5, 5.41) is 14.2. The molecule has 3 N–H and O–H groups in total. The molecule has 0 saturated carbocycles. The van der Waals surface area contributed by atoms with E-state index in [1.165, 1.54) is 0 Å². The van der Waals surface area contributed by atoms with Crippen molar-refractivity contribution in [3.8, 4) is 0 Å². The van der Waals surface area contributed by atoms with Gasteiger partial charge in [0.2, 0.25) is 5.91 Å². The smallest absolute Gasteiger partial charge is 0.303 e. The first-order chi connectivity index (χ1) is 8.02. The van der Waals surface area contributed by atoms with E-state index in [1.807, 2.05) is 6.92 Å². The zero-order valence-corrected chi connectivity index (χ0v) is 10.1. The topological polar surface area (TPSA) is 87.7 Å². The van der Waals surface area contributed by atoms with Crippen molar-refractivity contribution in [2.75, 3.05) is 26.2 Å². The lowest BCUT2D eigenvalue weighted by Gasteiger charge is -2.38. The van der Waals surface area contributed by atoms with Crippen molar-refractivity contribution in [2.24, 2.45) is 0 Å². The average molecular weight is 244 g/mol. The second-order valence-electron chi connectivity index (χ2n) is 4.54. The normalized spacial score (nSPS) is 17.2. The van der Waals surface area contributed by atoms with Gasteiger partial charge in [-0.2, -0.15) is 0 Å². The minimum atomic E-state index is -0.801. The molecule has 0 spiro atoms. The van der Waals surface area contributed by atoms with Gasteiger partial charge in [0, 0.05) is 26.1 Å². The van der Waals surface area contributed by atoms with Crippen LogP contribution in [0.4, 0.5) is 0 Å². The summed E-state index contributed by atoms with van der Waals surface area (Å²) in [6.45, 7) is 4.09. The van der Waals surface area contributed by atoms with E-state index in [0.29, 0.717) is 19.4 Å². The van der Waals surface area contributed by atoms with Crippen LogP contribution in [0, 0.1) is 0 Å². The van der Waals surface area contributed by atoms with Crippen LogP contribution >= 0.6 is 0 Å². The maximum Gasteiger partial charge on any atom is 0.303 e. The number of ether oxygens (including phenoxy) is 1. The first-order valence-corrected chi connectivity index (χ1v) is 5.85. The monoisotopic (exact) mass is 244 g/mol. The fourth-order valence-electron chi connectivity index (χ4n) is 1.50. The summed E-state index contributed by atoms with van der Waals surface area (Å²) in [6.07, 6.45) is 1.41.